The third kappa shape index (κ3) is 2.37. The van der Waals surface area contributed by atoms with Gasteiger partial charge in [0.25, 0.3) is 0 Å². The lowest BCUT2D eigenvalue weighted by atomic mass is 10.5. The smallest absolute Gasteiger partial charge is 0.182 e. The van der Waals surface area contributed by atoms with Gasteiger partial charge in [0.2, 0.25) is 0 Å². The van der Waals surface area contributed by atoms with Crippen molar-refractivity contribution in [1.82, 2.24) is 4.98 Å². The molecule has 0 aliphatic carbocycles. The largest absolute Gasteiger partial charge is 0.266 e. The molecule has 0 spiro atoms. The number of pyridine rings is 1. The van der Waals surface area contributed by atoms with Crippen molar-refractivity contribution in [1.29, 1.82) is 0 Å². The van der Waals surface area contributed by atoms with Crippen LogP contribution in [0.4, 0.5) is 0 Å². The second-order valence-corrected chi connectivity index (χ2v) is 11.1. The number of hydrogen-bond acceptors (Lipinski definition) is 1. The van der Waals surface area contributed by atoms with Crippen molar-refractivity contribution in [3.05, 3.63) is 24.4 Å². The summed E-state index contributed by atoms with van der Waals surface area (Å²) < 4.78 is -1.21. The molecule has 1 aromatic rings. The minimum absolute atomic E-state index is 0.912. The lowest BCUT2D eigenvalue weighted by Gasteiger charge is -2.29. The van der Waals surface area contributed by atoms with E-state index in [0.29, 0.717) is 0 Å². The van der Waals surface area contributed by atoms with Crippen molar-refractivity contribution in [3.63, 3.8) is 0 Å². The van der Waals surface area contributed by atoms with E-state index >= 15 is 0 Å². The maximum absolute atomic E-state index is 5.91. The number of hydrogen-bond donors (Lipinski definition) is 0. The molecule has 0 aliphatic rings. The quantitative estimate of drug-likeness (QED) is 0.555. The zero-order valence-electron chi connectivity index (χ0n) is 7.39. The Morgan fingerprint density at radius 2 is 1.85 bits per heavy atom. The van der Waals surface area contributed by atoms with Gasteiger partial charge in [0.05, 0.1) is 0 Å². The first-order chi connectivity index (χ1) is 5.86. The Balaban J connectivity index is 3.08. The molecule has 0 bridgehead atoms. The molecule has 5 heteroatoms. The van der Waals surface area contributed by atoms with E-state index in [-0.39, 0.29) is 0 Å². The zero-order chi connectivity index (χ0) is 10.1. The highest BCUT2D eigenvalue weighted by Gasteiger charge is 2.45. The van der Waals surface area contributed by atoms with Crippen molar-refractivity contribution < 1.29 is 0 Å². The van der Waals surface area contributed by atoms with Crippen LogP contribution in [0.2, 0.25) is 13.1 Å². The third-order valence-corrected chi connectivity index (χ3v) is 9.26. The SMILES string of the molecule is C[Si](C)(c1ccccn1)C(Cl)(Cl)Cl. The standard InChI is InChI=1S/C8H10Cl3NSi/c1-13(2,8(9,10)11)7-5-3-4-6-12-7/h3-6H,1-2H3. The predicted octanol–water partition coefficient (Wildman–Crippen LogP) is 2.91. The second kappa shape index (κ2) is 3.77. The summed E-state index contributed by atoms with van der Waals surface area (Å²) in [4.78, 5) is 4.23. The summed E-state index contributed by atoms with van der Waals surface area (Å²) in [7, 11) is -2.10. The van der Waals surface area contributed by atoms with Crippen LogP contribution in [0.25, 0.3) is 0 Å². The van der Waals surface area contributed by atoms with Gasteiger partial charge in [-0.3, -0.25) is 4.98 Å². The van der Waals surface area contributed by atoms with Crippen molar-refractivity contribution in [2.24, 2.45) is 0 Å². The van der Waals surface area contributed by atoms with Crippen molar-refractivity contribution in [3.8, 4) is 0 Å². The third-order valence-electron chi connectivity index (χ3n) is 2.01. The molecule has 1 heterocycles. The van der Waals surface area contributed by atoms with Crippen LogP contribution in [-0.4, -0.2) is 16.5 Å². The molecule has 1 nitrogen and oxygen atoms in total. The Kier molecular flexibility index (Phi) is 3.28. The number of aromatic nitrogens is 1. The first-order valence-electron chi connectivity index (χ1n) is 3.84. The van der Waals surface area contributed by atoms with Crippen LogP contribution in [0.15, 0.2) is 24.4 Å². The molecule has 0 radical (unpaired) electrons. The molecule has 0 fully saturated rings. The van der Waals surface area contributed by atoms with Crippen LogP contribution in [0, 0.1) is 0 Å². The average Bonchev–Trinajstić information content (AvgIpc) is 2.04. The molecule has 13 heavy (non-hydrogen) atoms. The molecule has 72 valence electrons. The van der Waals surface area contributed by atoms with Gasteiger partial charge in [-0.25, -0.2) is 0 Å². The molecule has 0 aromatic carbocycles. The normalized spacial score (nSPS) is 13.0. The molecule has 0 N–H and O–H groups in total. The molecular formula is C8H10Cl3NSi. The van der Waals surface area contributed by atoms with Gasteiger partial charge in [-0.05, 0) is 12.1 Å². The van der Waals surface area contributed by atoms with Gasteiger partial charge in [0.15, 0.2) is 11.5 Å². The minimum atomic E-state index is -2.10. The number of halogens is 3. The van der Waals surface area contributed by atoms with E-state index in [9.17, 15) is 0 Å². The van der Waals surface area contributed by atoms with Crippen molar-refractivity contribution in [2.75, 3.05) is 0 Å². The van der Waals surface area contributed by atoms with E-state index in [2.05, 4.69) is 4.98 Å². The predicted molar refractivity (Wildman–Crippen MR) is 61.6 cm³/mol. The average molecular weight is 255 g/mol. The molecule has 1 aromatic heterocycles. The van der Waals surface area contributed by atoms with E-state index in [1.807, 2.05) is 31.3 Å². The van der Waals surface area contributed by atoms with Crippen LogP contribution < -0.4 is 5.32 Å². The van der Waals surface area contributed by atoms with Gasteiger partial charge in [-0.1, -0.05) is 54.0 Å². The fraction of sp³-hybridized carbons (Fsp3) is 0.375. The van der Waals surface area contributed by atoms with Gasteiger partial charge < -0.3 is 0 Å². The maximum Gasteiger partial charge on any atom is 0.182 e. The first kappa shape index (κ1) is 11.3. The van der Waals surface area contributed by atoms with Gasteiger partial charge in [-0.2, -0.15) is 0 Å². The van der Waals surface area contributed by atoms with Crippen LogP contribution in [-0.2, 0) is 0 Å². The van der Waals surface area contributed by atoms with E-state index < -0.39 is 11.5 Å². The summed E-state index contributed by atoms with van der Waals surface area (Å²) in [6.07, 6.45) is 1.72. The molecular weight excluding hydrogens is 245 g/mol. The fourth-order valence-corrected chi connectivity index (χ4v) is 2.95. The molecule has 0 aliphatic heterocycles. The highest BCUT2D eigenvalue weighted by Crippen LogP contribution is 2.35. The maximum atomic E-state index is 5.91. The van der Waals surface area contributed by atoms with E-state index in [1.54, 1.807) is 6.20 Å². The first-order valence-corrected chi connectivity index (χ1v) is 7.97. The van der Waals surface area contributed by atoms with Gasteiger partial charge in [0.1, 0.15) is 0 Å². The highest BCUT2D eigenvalue weighted by molar-refractivity contribution is 7.10. The summed E-state index contributed by atoms with van der Waals surface area (Å²) in [6, 6.07) is 5.67. The Morgan fingerprint density at radius 3 is 2.23 bits per heavy atom. The van der Waals surface area contributed by atoms with Crippen molar-refractivity contribution >= 4 is 48.2 Å². The van der Waals surface area contributed by atoms with E-state index in [1.165, 1.54) is 0 Å². The van der Waals surface area contributed by atoms with Crippen molar-refractivity contribution in [2.45, 2.75) is 16.5 Å². The fourth-order valence-electron chi connectivity index (χ4n) is 0.878. The number of alkyl halides is 3. The number of rotatable bonds is 1. The molecule has 0 saturated heterocycles. The topological polar surface area (TPSA) is 12.9 Å². The number of nitrogens with zero attached hydrogens (tertiary/aromatic N) is 1. The Labute approximate surface area is 94.0 Å². The van der Waals surface area contributed by atoms with Gasteiger partial charge in [-0.15, -0.1) is 0 Å². The van der Waals surface area contributed by atoms with E-state index in [0.717, 1.165) is 5.32 Å². The lowest BCUT2D eigenvalue weighted by molar-refractivity contribution is 1.34. The Hall–Kier alpha value is 0.237. The van der Waals surface area contributed by atoms with Crippen LogP contribution in [0.3, 0.4) is 0 Å². The monoisotopic (exact) mass is 253 g/mol. The summed E-state index contributed by atoms with van der Waals surface area (Å²) in [6.45, 7) is 3.98. The summed E-state index contributed by atoms with van der Waals surface area (Å²) in [5.41, 5.74) is 0. The Bertz CT molecular complexity index is 281. The molecule has 0 unspecified atom stereocenters. The Morgan fingerprint density at radius 1 is 1.23 bits per heavy atom. The summed E-state index contributed by atoms with van der Waals surface area (Å²) in [5, 5.41) is 0.912. The lowest BCUT2D eigenvalue weighted by Crippen LogP contribution is -2.54. The minimum Gasteiger partial charge on any atom is -0.266 e. The van der Waals surface area contributed by atoms with Crippen LogP contribution >= 0.6 is 34.8 Å². The van der Waals surface area contributed by atoms with E-state index in [4.69, 9.17) is 34.8 Å². The second-order valence-electron chi connectivity index (χ2n) is 3.34. The highest BCUT2D eigenvalue weighted by atomic mass is 35.6. The van der Waals surface area contributed by atoms with Gasteiger partial charge >= 0.3 is 0 Å². The molecule has 0 amide bonds. The van der Waals surface area contributed by atoms with Crippen LogP contribution in [0.5, 0.6) is 0 Å². The molecule has 0 saturated carbocycles. The van der Waals surface area contributed by atoms with Crippen LogP contribution in [0.1, 0.15) is 0 Å². The van der Waals surface area contributed by atoms with Gasteiger partial charge in [0, 0.05) is 11.5 Å². The molecule has 1 rings (SSSR count). The molecule has 0 atom stereocenters. The summed E-state index contributed by atoms with van der Waals surface area (Å²) >= 11 is 17.7. The summed E-state index contributed by atoms with van der Waals surface area (Å²) in [5.74, 6) is 0. The zero-order valence-corrected chi connectivity index (χ0v) is 10.7.